The highest BCUT2D eigenvalue weighted by atomic mass is 79.9. The molecule has 1 aliphatic heterocycles. The van der Waals surface area contributed by atoms with Gasteiger partial charge in [0.2, 0.25) is 0 Å². The second kappa shape index (κ2) is 4.87. The van der Waals surface area contributed by atoms with Crippen LogP contribution in [0.3, 0.4) is 0 Å². The van der Waals surface area contributed by atoms with Crippen molar-refractivity contribution in [2.75, 3.05) is 12.1 Å². The van der Waals surface area contributed by atoms with Gasteiger partial charge in [-0.3, -0.25) is 5.01 Å². The first-order chi connectivity index (χ1) is 8.11. The molecule has 0 spiro atoms. The fourth-order valence-corrected chi connectivity index (χ4v) is 2.21. The molecule has 0 N–H and O–H groups in total. The summed E-state index contributed by atoms with van der Waals surface area (Å²) in [4.78, 5) is 11.7. The Balaban J connectivity index is 2.28. The summed E-state index contributed by atoms with van der Waals surface area (Å²) in [5.74, 6) is -0.274. The molecule has 0 saturated carbocycles. The summed E-state index contributed by atoms with van der Waals surface area (Å²) in [6.45, 7) is 2.02. The number of hydrogen-bond donors (Lipinski definition) is 0. The van der Waals surface area contributed by atoms with Crippen LogP contribution in [-0.2, 0) is 9.53 Å². The van der Waals surface area contributed by atoms with E-state index in [0.717, 1.165) is 10.3 Å². The standard InChI is InChI=1S/C12H13BrN2O2/c1-8-3-5-9(6-4-8)15-10(12(16)17-2)7-11(13)14-15/h3-6,10H,7H2,1-2H3/t10-/m0/s1. The van der Waals surface area contributed by atoms with Gasteiger partial charge in [0.25, 0.3) is 0 Å². The molecule has 90 valence electrons. The summed E-state index contributed by atoms with van der Waals surface area (Å²) in [5.41, 5.74) is 2.06. The molecule has 0 fully saturated rings. The smallest absolute Gasteiger partial charge is 0.331 e. The Bertz CT molecular complexity index is 456. The topological polar surface area (TPSA) is 41.9 Å². The monoisotopic (exact) mass is 296 g/mol. The van der Waals surface area contributed by atoms with Gasteiger partial charge in [-0.05, 0) is 35.0 Å². The second-order valence-electron chi connectivity index (χ2n) is 3.90. The van der Waals surface area contributed by atoms with Crippen molar-refractivity contribution in [3.8, 4) is 0 Å². The largest absolute Gasteiger partial charge is 0.467 e. The van der Waals surface area contributed by atoms with E-state index in [1.54, 1.807) is 5.01 Å². The van der Waals surface area contributed by atoms with E-state index in [4.69, 9.17) is 4.74 Å². The minimum atomic E-state index is -0.378. The van der Waals surface area contributed by atoms with Gasteiger partial charge in [0.15, 0.2) is 6.04 Å². The van der Waals surface area contributed by atoms with Crippen LogP contribution in [0, 0.1) is 6.92 Å². The fourth-order valence-electron chi connectivity index (χ4n) is 1.73. The van der Waals surface area contributed by atoms with Gasteiger partial charge in [-0.25, -0.2) is 4.79 Å². The molecule has 4 nitrogen and oxygen atoms in total. The number of rotatable bonds is 2. The number of hydrazone groups is 1. The molecule has 1 atom stereocenters. The predicted octanol–water partition coefficient (Wildman–Crippen LogP) is 2.46. The molecule has 0 saturated heterocycles. The Morgan fingerprint density at radius 3 is 2.71 bits per heavy atom. The van der Waals surface area contributed by atoms with Crippen LogP contribution in [0.15, 0.2) is 29.4 Å². The van der Waals surface area contributed by atoms with Gasteiger partial charge >= 0.3 is 5.97 Å². The fraction of sp³-hybridized carbons (Fsp3) is 0.333. The summed E-state index contributed by atoms with van der Waals surface area (Å²) < 4.78 is 5.54. The Labute approximate surface area is 108 Å². The normalized spacial score (nSPS) is 19.1. The first-order valence-corrected chi connectivity index (χ1v) is 6.08. The molecule has 17 heavy (non-hydrogen) atoms. The van der Waals surface area contributed by atoms with Crippen LogP contribution in [0.25, 0.3) is 0 Å². The lowest BCUT2D eigenvalue weighted by Crippen LogP contribution is -2.35. The molecule has 0 bridgehead atoms. The van der Waals surface area contributed by atoms with Crippen LogP contribution in [0.2, 0.25) is 0 Å². The van der Waals surface area contributed by atoms with Crippen molar-refractivity contribution < 1.29 is 9.53 Å². The van der Waals surface area contributed by atoms with Crippen molar-refractivity contribution in [2.24, 2.45) is 5.10 Å². The van der Waals surface area contributed by atoms with Crippen molar-refractivity contribution in [3.63, 3.8) is 0 Å². The van der Waals surface area contributed by atoms with Gasteiger partial charge in [0.1, 0.15) is 4.62 Å². The quantitative estimate of drug-likeness (QED) is 0.787. The van der Waals surface area contributed by atoms with Gasteiger partial charge in [0.05, 0.1) is 12.8 Å². The van der Waals surface area contributed by atoms with Gasteiger partial charge in [-0.1, -0.05) is 17.7 Å². The molecule has 1 aliphatic rings. The van der Waals surface area contributed by atoms with Gasteiger partial charge < -0.3 is 4.74 Å². The molecular weight excluding hydrogens is 284 g/mol. The number of anilines is 1. The molecule has 0 aromatic heterocycles. The van der Waals surface area contributed by atoms with Crippen molar-refractivity contribution in [1.82, 2.24) is 0 Å². The zero-order chi connectivity index (χ0) is 12.4. The molecule has 0 radical (unpaired) electrons. The number of methoxy groups -OCH3 is 1. The Hall–Kier alpha value is -1.36. The van der Waals surface area contributed by atoms with E-state index in [-0.39, 0.29) is 12.0 Å². The number of esters is 1. The number of nitrogens with zero attached hydrogens (tertiary/aromatic N) is 2. The summed E-state index contributed by atoms with van der Waals surface area (Å²) in [5, 5.41) is 5.99. The number of hydrogen-bond acceptors (Lipinski definition) is 4. The number of halogens is 1. The molecule has 1 heterocycles. The number of benzene rings is 1. The molecule has 2 rings (SSSR count). The van der Waals surface area contributed by atoms with E-state index in [1.807, 2.05) is 31.2 Å². The van der Waals surface area contributed by atoms with E-state index in [9.17, 15) is 4.79 Å². The van der Waals surface area contributed by atoms with Crippen LogP contribution < -0.4 is 5.01 Å². The van der Waals surface area contributed by atoms with Crippen molar-refractivity contribution in [3.05, 3.63) is 29.8 Å². The maximum atomic E-state index is 11.7. The first kappa shape index (κ1) is 12.1. The van der Waals surface area contributed by atoms with Gasteiger partial charge in [0, 0.05) is 6.42 Å². The molecule has 1 aromatic rings. The minimum Gasteiger partial charge on any atom is -0.467 e. The molecule has 0 amide bonds. The van der Waals surface area contributed by atoms with E-state index < -0.39 is 0 Å². The zero-order valence-corrected chi connectivity index (χ0v) is 11.3. The van der Waals surface area contributed by atoms with Crippen LogP contribution >= 0.6 is 15.9 Å². The molecular formula is C12H13BrN2O2. The summed E-state index contributed by atoms with van der Waals surface area (Å²) in [7, 11) is 1.39. The SMILES string of the molecule is COC(=O)[C@@H]1CC(Br)=NN1c1ccc(C)cc1. The zero-order valence-electron chi connectivity index (χ0n) is 9.68. The Morgan fingerprint density at radius 1 is 1.47 bits per heavy atom. The van der Waals surface area contributed by atoms with Crippen LogP contribution in [0.5, 0.6) is 0 Å². The summed E-state index contributed by atoms with van der Waals surface area (Å²) in [6.07, 6.45) is 0.542. The lowest BCUT2D eigenvalue weighted by atomic mass is 10.2. The van der Waals surface area contributed by atoms with Crippen molar-refractivity contribution in [2.45, 2.75) is 19.4 Å². The van der Waals surface area contributed by atoms with Crippen LogP contribution in [0.4, 0.5) is 5.69 Å². The van der Waals surface area contributed by atoms with E-state index in [0.29, 0.717) is 6.42 Å². The van der Waals surface area contributed by atoms with E-state index in [2.05, 4.69) is 21.0 Å². The highest BCUT2D eigenvalue weighted by Crippen LogP contribution is 2.27. The summed E-state index contributed by atoms with van der Waals surface area (Å²) >= 11 is 3.33. The van der Waals surface area contributed by atoms with E-state index >= 15 is 0 Å². The molecule has 0 unspecified atom stereocenters. The summed E-state index contributed by atoms with van der Waals surface area (Å²) in [6, 6.07) is 7.49. The highest BCUT2D eigenvalue weighted by molar-refractivity contribution is 9.18. The number of aryl methyl sites for hydroxylation is 1. The second-order valence-corrected chi connectivity index (χ2v) is 4.81. The number of carbonyl (C=O) groups is 1. The third-order valence-corrected chi connectivity index (χ3v) is 3.13. The van der Waals surface area contributed by atoms with Crippen LogP contribution in [-0.4, -0.2) is 23.7 Å². The first-order valence-electron chi connectivity index (χ1n) is 5.28. The third kappa shape index (κ3) is 2.49. The van der Waals surface area contributed by atoms with E-state index in [1.165, 1.54) is 12.7 Å². The van der Waals surface area contributed by atoms with Gasteiger partial charge in [-0.2, -0.15) is 5.10 Å². The minimum absolute atomic E-state index is 0.274. The average molecular weight is 297 g/mol. The van der Waals surface area contributed by atoms with Crippen LogP contribution in [0.1, 0.15) is 12.0 Å². The molecule has 1 aromatic carbocycles. The third-order valence-electron chi connectivity index (χ3n) is 2.65. The highest BCUT2D eigenvalue weighted by Gasteiger charge is 2.33. The maximum absolute atomic E-state index is 11.7. The molecule has 0 aliphatic carbocycles. The lowest BCUT2D eigenvalue weighted by Gasteiger charge is -2.21. The maximum Gasteiger partial charge on any atom is 0.331 e. The van der Waals surface area contributed by atoms with Crippen molar-refractivity contribution in [1.29, 1.82) is 0 Å². The van der Waals surface area contributed by atoms with Crippen molar-refractivity contribution >= 4 is 32.2 Å². The average Bonchev–Trinajstić information content (AvgIpc) is 2.71. The Kier molecular flexibility index (Phi) is 3.47. The predicted molar refractivity (Wildman–Crippen MR) is 70.4 cm³/mol. The molecule has 5 heteroatoms. The number of ether oxygens (including phenoxy) is 1. The Morgan fingerprint density at radius 2 is 2.12 bits per heavy atom. The van der Waals surface area contributed by atoms with Gasteiger partial charge in [-0.15, -0.1) is 0 Å². The number of carbonyl (C=O) groups excluding carboxylic acids is 1. The lowest BCUT2D eigenvalue weighted by molar-refractivity contribution is -0.141.